The Hall–Kier alpha value is -2.29. The first-order chi connectivity index (χ1) is 37.4. The molecule has 0 aromatic heterocycles. The number of quaternary nitrogens is 1. The number of ether oxygens (including phenoxy) is 1. The van der Waals surface area contributed by atoms with E-state index in [-0.39, 0.29) is 31.5 Å². The molecule has 0 aliphatic rings. The number of hydrogen-bond donors (Lipinski definition) is 2. The SMILES string of the molecule is CCCCC/C=C\C/C=C\C/C=C\C/C=C\CCCC(=O)OC(/C=C/CCCCCCCCCCCCC)C(COP(=O)(O)OCC[N+](C)(C)C)NC(=O)CCCCCCCCCCCCCCCCCCCCCCC. The van der Waals surface area contributed by atoms with Gasteiger partial charge in [0, 0.05) is 12.8 Å². The van der Waals surface area contributed by atoms with Gasteiger partial charge in [-0.1, -0.05) is 281 Å². The van der Waals surface area contributed by atoms with Crippen LogP contribution in [0.5, 0.6) is 0 Å². The molecule has 0 heterocycles. The lowest BCUT2D eigenvalue weighted by Gasteiger charge is -2.27. The molecule has 0 saturated carbocycles. The molecule has 0 spiro atoms. The molecule has 1 amide bonds. The summed E-state index contributed by atoms with van der Waals surface area (Å²) in [6.07, 6.45) is 72.3. The van der Waals surface area contributed by atoms with Gasteiger partial charge in [0.15, 0.2) is 0 Å². The number of rotatable bonds is 59. The number of nitrogens with zero attached hydrogens (tertiary/aromatic N) is 1. The van der Waals surface area contributed by atoms with Crippen molar-refractivity contribution < 1.29 is 37.3 Å². The van der Waals surface area contributed by atoms with Crippen LogP contribution in [0.4, 0.5) is 0 Å². The molecule has 77 heavy (non-hydrogen) atoms. The number of unbranched alkanes of at least 4 members (excludes halogenated alkanes) is 35. The third-order valence-corrected chi connectivity index (χ3v) is 15.4. The number of allylic oxidation sites excluding steroid dienone is 9. The lowest BCUT2D eigenvalue weighted by atomic mass is 10.0. The number of hydrogen-bond acceptors (Lipinski definition) is 6. The minimum absolute atomic E-state index is 0.0322. The quantitative estimate of drug-likeness (QED) is 0.0205. The van der Waals surface area contributed by atoms with Crippen LogP contribution in [0.1, 0.15) is 303 Å². The third kappa shape index (κ3) is 58.2. The van der Waals surface area contributed by atoms with Gasteiger partial charge in [0.2, 0.25) is 5.91 Å². The Bertz CT molecular complexity index is 1500. The molecule has 3 atom stereocenters. The fourth-order valence-corrected chi connectivity index (χ4v) is 10.1. The summed E-state index contributed by atoms with van der Waals surface area (Å²) in [7, 11) is 1.47. The maximum atomic E-state index is 13.6. The Labute approximate surface area is 477 Å². The fraction of sp³-hybridized carbons (Fsp3) is 0.821. The zero-order valence-electron chi connectivity index (χ0n) is 51.5. The lowest BCUT2D eigenvalue weighted by Crippen LogP contribution is -2.47. The van der Waals surface area contributed by atoms with Gasteiger partial charge in [0.1, 0.15) is 19.3 Å². The highest BCUT2D eigenvalue weighted by Gasteiger charge is 2.30. The van der Waals surface area contributed by atoms with E-state index in [1.165, 1.54) is 199 Å². The first-order valence-electron chi connectivity index (χ1n) is 32.6. The average molecular weight is 1100 g/mol. The molecule has 9 nitrogen and oxygen atoms in total. The molecule has 2 N–H and O–H groups in total. The summed E-state index contributed by atoms with van der Waals surface area (Å²) in [5.41, 5.74) is 0. The fourth-order valence-electron chi connectivity index (χ4n) is 9.41. The molecular formula is C67H126N2O7P+. The Morgan fingerprint density at radius 3 is 1.23 bits per heavy atom. The Balaban J connectivity index is 5.27. The molecule has 0 saturated heterocycles. The number of likely N-dealkylation sites (N-methyl/N-ethyl adjacent to an activating group) is 1. The summed E-state index contributed by atoms with van der Waals surface area (Å²) >= 11 is 0. The number of nitrogens with one attached hydrogen (secondary N) is 1. The van der Waals surface area contributed by atoms with Gasteiger partial charge in [-0.3, -0.25) is 18.6 Å². The lowest BCUT2D eigenvalue weighted by molar-refractivity contribution is -0.870. The van der Waals surface area contributed by atoms with Crippen molar-refractivity contribution in [3.63, 3.8) is 0 Å². The van der Waals surface area contributed by atoms with Gasteiger partial charge in [-0.25, -0.2) is 4.57 Å². The zero-order valence-corrected chi connectivity index (χ0v) is 52.3. The van der Waals surface area contributed by atoms with Crippen LogP contribution < -0.4 is 5.32 Å². The van der Waals surface area contributed by atoms with Gasteiger partial charge < -0.3 is 19.4 Å². The van der Waals surface area contributed by atoms with Crippen LogP contribution in [-0.4, -0.2) is 74.3 Å². The molecule has 0 radical (unpaired) electrons. The number of amides is 1. The standard InChI is InChI=1S/C67H125N2O7P/c1-7-10-13-16-19-22-25-28-30-32-33-34-35-37-38-41-44-47-50-53-56-59-66(70)68-64(63-75-77(72,73)74-62-61-69(4,5)6)65(58-55-52-49-46-43-40-27-24-21-18-15-12-9-3)76-67(71)60-57-54-51-48-45-42-39-36-31-29-26-23-20-17-14-11-8-2/h20,23,29,31,39,42,48,51,55,58,64-65H,7-19,21-22,24-28,30,32-38,40-41,43-47,49-50,52-54,56-57,59-63H2,1-6H3,(H-,68,70,72,73)/p+1/b23-20-,31-29-,42-39-,51-48-,58-55+. The topological polar surface area (TPSA) is 111 Å². The minimum atomic E-state index is -4.46. The summed E-state index contributed by atoms with van der Waals surface area (Å²) in [5, 5.41) is 3.05. The summed E-state index contributed by atoms with van der Waals surface area (Å²) < 4.78 is 30.7. The van der Waals surface area contributed by atoms with Gasteiger partial charge in [-0.15, -0.1) is 0 Å². The van der Waals surface area contributed by atoms with Gasteiger partial charge in [-0.2, -0.15) is 0 Å². The van der Waals surface area contributed by atoms with Crippen molar-refractivity contribution in [2.24, 2.45) is 0 Å². The Morgan fingerprint density at radius 2 is 0.805 bits per heavy atom. The smallest absolute Gasteiger partial charge is 0.456 e. The molecule has 0 aromatic rings. The van der Waals surface area contributed by atoms with Crippen molar-refractivity contribution in [2.75, 3.05) is 40.9 Å². The van der Waals surface area contributed by atoms with E-state index in [0.717, 1.165) is 64.2 Å². The van der Waals surface area contributed by atoms with Crippen LogP contribution in [0.25, 0.3) is 0 Å². The first-order valence-corrected chi connectivity index (χ1v) is 34.1. The van der Waals surface area contributed by atoms with Crippen LogP contribution >= 0.6 is 7.82 Å². The van der Waals surface area contributed by atoms with E-state index in [1.54, 1.807) is 0 Å². The summed E-state index contributed by atoms with van der Waals surface area (Å²) in [6.45, 7) is 6.98. The molecule has 0 aromatic carbocycles. The van der Waals surface area contributed by atoms with Crippen molar-refractivity contribution in [2.45, 2.75) is 315 Å². The highest BCUT2D eigenvalue weighted by Crippen LogP contribution is 2.43. The van der Waals surface area contributed by atoms with E-state index in [2.05, 4.69) is 74.7 Å². The van der Waals surface area contributed by atoms with Gasteiger partial charge >= 0.3 is 13.8 Å². The molecule has 10 heteroatoms. The van der Waals surface area contributed by atoms with Crippen LogP contribution in [0.2, 0.25) is 0 Å². The second-order valence-corrected chi connectivity index (χ2v) is 24.7. The van der Waals surface area contributed by atoms with Gasteiger partial charge in [-0.05, 0) is 70.3 Å². The van der Waals surface area contributed by atoms with Crippen molar-refractivity contribution in [1.82, 2.24) is 5.32 Å². The van der Waals surface area contributed by atoms with Crippen molar-refractivity contribution in [3.8, 4) is 0 Å². The molecule has 0 rings (SSSR count). The van der Waals surface area contributed by atoms with E-state index < -0.39 is 20.0 Å². The van der Waals surface area contributed by atoms with Crippen LogP contribution in [-0.2, 0) is 27.9 Å². The van der Waals surface area contributed by atoms with E-state index in [0.29, 0.717) is 23.9 Å². The molecule has 3 unspecified atom stereocenters. The maximum Gasteiger partial charge on any atom is 0.472 e. The second kappa shape index (κ2) is 57.0. The second-order valence-electron chi connectivity index (χ2n) is 23.3. The number of phosphoric ester groups is 1. The summed E-state index contributed by atoms with van der Waals surface area (Å²) in [6, 6.07) is -0.869. The average Bonchev–Trinajstić information content (AvgIpc) is 3.39. The Morgan fingerprint density at radius 1 is 0.455 bits per heavy atom. The summed E-state index contributed by atoms with van der Waals surface area (Å²) in [4.78, 5) is 37.7. The van der Waals surface area contributed by atoms with Gasteiger partial charge in [0.25, 0.3) is 0 Å². The highest BCUT2D eigenvalue weighted by molar-refractivity contribution is 7.47. The van der Waals surface area contributed by atoms with Gasteiger partial charge in [0.05, 0.1) is 33.8 Å². The molecule has 450 valence electrons. The van der Waals surface area contributed by atoms with E-state index >= 15 is 0 Å². The van der Waals surface area contributed by atoms with Crippen LogP contribution in [0.15, 0.2) is 60.8 Å². The number of carbonyl (C=O) groups excluding carboxylic acids is 2. The maximum absolute atomic E-state index is 13.6. The van der Waals surface area contributed by atoms with Crippen LogP contribution in [0, 0.1) is 0 Å². The molecule has 0 fully saturated rings. The van der Waals surface area contributed by atoms with Crippen molar-refractivity contribution in [1.29, 1.82) is 0 Å². The molecular weight excluding hydrogens is 976 g/mol. The molecule has 0 bridgehead atoms. The normalized spacial score (nSPS) is 14.0. The largest absolute Gasteiger partial charge is 0.472 e. The van der Waals surface area contributed by atoms with E-state index in [4.69, 9.17) is 13.8 Å². The monoisotopic (exact) mass is 1100 g/mol. The van der Waals surface area contributed by atoms with Crippen molar-refractivity contribution in [3.05, 3.63) is 60.8 Å². The third-order valence-electron chi connectivity index (χ3n) is 14.5. The van der Waals surface area contributed by atoms with E-state index in [1.807, 2.05) is 33.3 Å². The Kier molecular flexibility index (Phi) is 55.3. The molecule has 0 aliphatic carbocycles. The van der Waals surface area contributed by atoms with Crippen molar-refractivity contribution >= 4 is 19.7 Å². The minimum Gasteiger partial charge on any atom is -0.456 e. The highest BCUT2D eigenvalue weighted by atomic mass is 31.2. The molecule has 0 aliphatic heterocycles. The van der Waals surface area contributed by atoms with Crippen LogP contribution in [0.3, 0.4) is 0 Å². The predicted octanol–water partition coefficient (Wildman–Crippen LogP) is 20.2. The van der Waals surface area contributed by atoms with E-state index in [9.17, 15) is 19.0 Å². The summed E-state index contributed by atoms with van der Waals surface area (Å²) in [5.74, 6) is -0.560. The predicted molar refractivity (Wildman–Crippen MR) is 332 cm³/mol. The number of phosphoric acid groups is 1. The zero-order chi connectivity index (χ0) is 56.4. The number of carbonyl (C=O) groups is 2. The first kappa shape index (κ1) is 74.7. The number of esters is 1.